The molecular weight excluding hydrogens is 200 g/mol. The SMILES string of the molecule is C=CCC[C@H](CC)N[C@@H]1CCC(=O)N(C)C1. The van der Waals surface area contributed by atoms with Gasteiger partial charge >= 0.3 is 0 Å². The number of amides is 1. The highest BCUT2D eigenvalue weighted by Crippen LogP contribution is 2.12. The van der Waals surface area contributed by atoms with Gasteiger partial charge in [0.1, 0.15) is 0 Å². The second-order valence-electron chi connectivity index (χ2n) is 4.65. The van der Waals surface area contributed by atoms with Crippen molar-refractivity contribution in [3.8, 4) is 0 Å². The van der Waals surface area contributed by atoms with Gasteiger partial charge in [-0.25, -0.2) is 0 Å². The summed E-state index contributed by atoms with van der Waals surface area (Å²) < 4.78 is 0. The van der Waals surface area contributed by atoms with Crippen LogP contribution in [0.25, 0.3) is 0 Å². The number of nitrogens with one attached hydrogen (secondary N) is 1. The van der Waals surface area contributed by atoms with Gasteiger partial charge in [-0.2, -0.15) is 0 Å². The molecule has 16 heavy (non-hydrogen) atoms. The minimum atomic E-state index is 0.275. The molecule has 0 aromatic rings. The lowest BCUT2D eigenvalue weighted by atomic mass is 10.0. The number of hydrogen-bond acceptors (Lipinski definition) is 2. The number of piperidine rings is 1. The average molecular weight is 224 g/mol. The highest BCUT2D eigenvalue weighted by atomic mass is 16.2. The molecule has 0 aromatic carbocycles. The molecule has 0 saturated carbocycles. The minimum absolute atomic E-state index is 0.275. The molecule has 3 heteroatoms. The Morgan fingerprint density at radius 1 is 1.69 bits per heavy atom. The van der Waals surface area contributed by atoms with Crippen molar-refractivity contribution < 1.29 is 4.79 Å². The van der Waals surface area contributed by atoms with Gasteiger partial charge in [-0.3, -0.25) is 4.79 Å². The Balaban J connectivity index is 2.34. The van der Waals surface area contributed by atoms with Crippen molar-refractivity contribution >= 4 is 5.91 Å². The molecule has 0 aliphatic carbocycles. The van der Waals surface area contributed by atoms with E-state index in [9.17, 15) is 4.79 Å². The maximum absolute atomic E-state index is 11.4. The lowest BCUT2D eigenvalue weighted by Gasteiger charge is -2.33. The van der Waals surface area contributed by atoms with Crippen LogP contribution in [0.1, 0.15) is 39.0 Å². The van der Waals surface area contributed by atoms with Crippen molar-refractivity contribution in [3.63, 3.8) is 0 Å². The number of hydrogen-bond donors (Lipinski definition) is 1. The van der Waals surface area contributed by atoms with Crippen molar-refractivity contribution in [1.82, 2.24) is 10.2 Å². The number of carbonyl (C=O) groups excluding carboxylic acids is 1. The number of carbonyl (C=O) groups is 1. The molecule has 1 saturated heterocycles. The largest absolute Gasteiger partial charge is 0.344 e. The van der Waals surface area contributed by atoms with Gasteiger partial charge in [0.2, 0.25) is 5.91 Å². The van der Waals surface area contributed by atoms with E-state index in [1.54, 1.807) is 0 Å². The summed E-state index contributed by atoms with van der Waals surface area (Å²) >= 11 is 0. The van der Waals surface area contributed by atoms with Crippen LogP contribution in [0.15, 0.2) is 12.7 Å². The second kappa shape index (κ2) is 6.69. The van der Waals surface area contributed by atoms with E-state index in [4.69, 9.17) is 0 Å². The van der Waals surface area contributed by atoms with Crippen LogP contribution >= 0.6 is 0 Å². The molecule has 1 aliphatic heterocycles. The van der Waals surface area contributed by atoms with Gasteiger partial charge in [0.15, 0.2) is 0 Å². The molecule has 2 atom stereocenters. The summed E-state index contributed by atoms with van der Waals surface area (Å²) in [5.41, 5.74) is 0. The van der Waals surface area contributed by atoms with Crippen LogP contribution in [0.5, 0.6) is 0 Å². The Morgan fingerprint density at radius 2 is 2.44 bits per heavy atom. The zero-order valence-corrected chi connectivity index (χ0v) is 10.5. The molecule has 1 heterocycles. The first-order valence-electron chi connectivity index (χ1n) is 6.28. The fourth-order valence-corrected chi connectivity index (χ4v) is 2.21. The topological polar surface area (TPSA) is 32.3 Å². The van der Waals surface area contributed by atoms with Gasteiger partial charge in [-0.15, -0.1) is 6.58 Å². The van der Waals surface area contributed by atoms with Crippen molar-refractivity contribution in [2.45, 2.75) is 51.1 Å². The first-order chi connectivity index (χ1) is 7.67. The van der Waals surface area contributed by atoms with E-state index < -0.39 is 0 Å². The zero-order valence-electron chi connectivity index (χ0n) is 10.5. The Bertz CT molecular complexity index is 240. The van der Waals surface area contributed by atoms with Crippen molar-refractivity contribution in [2.75, 3.05) is 13.6 Å². The first-order valence-corrected chi connectivity index (χ1v) is 6.28. The summed E-state index contributed by atoms with van der Waals surface area (Å²) in [5.74, 6) is 0.275. The summed E-state index contributed by atoms with van der Waals surface area (Å²) in [6.45, 7) is 6.81. The van der Waals surface area contributed by atoms with Gasteiger partial charge in [0.25, 0.3) is 0 Å². The molecular formula is C13H24N2O. The van der Waals surface area contributed by atoms with Crippen LogP contribution in [0, 0.1) is 0 Å². The third kappa shape index (κ3) is 3.97. The van der Waals surface area contributed by atoms with Crippen molar-refractivity contribution in [1.29, 1.82) is 0 Å². The fourth-order valence-electron chi connectivity index (χ4n) is 2.21. The van der Waals surface area contributed by atoms with Crippen LogP contribution in [-0.4, -0.2) is 36.5 Å². The Hall–Kier alpha value is -0.830. The van der Waals surface area contributed by atoms with E-state index >= 15 is 0 Å². The predicted molar refractivity (Wildman–Crippen MR) is 67.3 cm³/mol. The quantitative estimate of drug-likeness (QED) is 0.699. The van der Waals surface area contributed by atoms with E-state index in [2.05, 4.69) is 18.8 Å². The molecule has 1 N–H and O–H groups in total. The van der Waals surface area contributed by atoms with E-state index in [1.165, 1.54) is 0 Å². The number of nitrogens with zero attached hydrogens (tertiary/aromatic N) is 1. The molecule has 3 nitrogen and oxygen atoms in total. The summed E-state index contributed by atoms with van der Waals surface area (Å²) in [4.78, 5) is 13.2. The molecule has 1 aliphatic rings. The monoisotopic (exact) mass is 224 g/mol. The Kier molecular flexibility index (Phi) is 5.53. The van der Waals surface area contributed by atoms with Crippen LogP contribution in [0.4, 0.5) is 0 Å². The molecule has 0 unspecified atom stereocenters. The maximum atomic E-state index is 11.4. The maximum Gasteiger partial charge on any atom is 0.222 e. The molecule has 1 fully saturated rings. The highest BCUT2D eigenvalue weighted by molar-refractivity contribution is 5.76. The van der Waals surface area contributed by atoms with Crippen LogP contribution in [0.2, 0.25) is 0 Å². The second-order valence-corrected chi connectivity index (χ2v) is 4.65. The van der Waals surface area contributed by atoms with Gasteiger partial charge in [0, 0.05) is 32.1 Å². The van der Waals surface area contributed by atoms with Gasteiger partial charge in [0.05, 0.1) is 0 Å². The smallest absolute Gasteiger partial charge is 0.222 e. The van der Waals surface area contributed by atoms with Crippen molar-refractivity contribution in [2.24, 2.45) is 0 Å². The summed E-state index contributed by atoms with van der Waals surface area (Å²) in [5, 5.41) is 3.65. The molecule has 0 spiro atoms. The van der Waals surface area contributed by atoms with E-state index in [0.29, 0.717) is 18.5 Å². The average Bonchev–Trinajstić information content (AvgIpc) is 2.29. The predicted octanol–water partition coefficient (Wildman–Crippen LogP) is 1.94. The number of likely N-dealkylation sites (N-methyl/N-ethyl adjacent to an activating group) is 1. The summed E-state index contributed by atoms with van der Waals surface area (Å²) in [6.07, 6.45) is 6.99. The third-order valence-corrected chi connectivity index (χ3v) is 3.31. The Labute approximate surface area is 98.9 Å². The summed E-state index contributed by atoms with van der Waals surface area (Å²) in [7, 11) is 1.89. The number of likely N-dealkylation sites (tertiary alicyclic amines) is 1. The van der Waals surface area contributed by atoms with Gasteiger partial charge in [-0.1, -0.05) is 13.0 Å². The summed E-state index contributed by atoms with van der Waals surface area (Å²) in [6, 6.07) is 1.03. The minimum Gasteiger partial charge on any atom is -0.344 e. The highest BCUT2D eigenvalue weighted by Gasteiger charge is 2.23. The Morgan fingerprint density at radius 3 is 3.00 bits per heavy atom. The number of allylic oxidation sites excluding steroid dienone is 1. The lowest BCUT2D eigenvalue weighted by Crippen LogP contribution is -2.49. The molecule has 0 aromatic heterocycles. The van der Waals surface area contributed by atoms with Gasteiger partial charge in [-0.05, 0) is 25.7 Å². The van der Waals surface area contributed by atoms with Crippen LogP contribution in [0.3, 0.4) is 0 Å². The first kappa shape index (κ1) is 13.2. The van der Waals surface area contributed by atoms with E-state index in [1.807, 2.05) is 18.0 Å². The van der Waals surface area contributed by atoms with Gasteiger partial charge < -0.3 is 10.2 Å². The fraction of sp³-hybridized carbons (Fsp3) is 0.769. The zero-order chi connectivity index (χ0) is 12.0. The molecule has 1 rings (SSSR count). The van der Waals surface area contributed by atoms with E-state index in [0.717, 1.165) is 32.2 Å². The van der Waals surface area contributed by atoms with Crippen molar-refractivity contribution in [3.05, 3.63) is 12.7 Å². The normalized spacial score (nSPS) is 23.2. The lowest BCUT2D eigenvalue weighted by molar-refractivity contribution is -0.132. The standard InChI is InChI=1S/C13H24N2O/c1-4-6-7-11(5-2)14-12-8-9-13(16)15(3)10-12/h4,11-12,14H,1,5-10H2,2-3H3/t11-,12+/m0/s1. The molecule has 0 radical (unpaired) electrons. The molecule has 0 bridgehead atoms. The van der Waals surface area contributed by atoms with Crippen LogP contribution in [-0.2, 0) is 4.79 Å². The molecule has 1 amide bonds. The molecule has 92 valence electrons. The van der Waals surface area contributed by atoms with E-state index in [-0.39, 0.29) is 5.91 Å². The number of rotatable bonds is 6. The third-order valence-electron chi connectivity index (χ3n) is 3.31. The van der Waals surface area contributed by atoms with Crippen LogP contribution < -0.4 is 5.32 Å².